The van der Waals surface area contributed by atoms with E-state index >= 15 is 0 Å². The Kier molecular flexibility index (Phi) is 6.54. The lowest BCUT2D eigenvalue weighted by atomic mass is 10.1. The second-order valence-electron chi connectivity index (χ2n) is 7.90. The van der Waals surface area contributed by atoms with Gasteiger partial charge in [0.2, 0.25) is 17.7 Å². The summed E-state index contributed by atoms with van der Waals surface area (Å²) in [5.41, 5.74) is 3.41. The molecule has 0 fully saturated rings. The van der Waals surface area contributed by atoms with Gasteiger partial charge in [0.15, 0.2) is 0 Å². The highest BCUT2D eigenvalue weighted by Gasteiger charge is 2.18. The van der Waals surface area contributed by atoms with Gasteiger partial charge in [-0.1, -0.05) is 30.3 Å². The van der Waals surface area contributed by atoms with Crippen LogP contribution in [0.15, 0.2) is 59.1 Å². The lowest BCUT2D eigenvalue weighted by molar-refractivity contribution is -0.131. The monoisotopic (exact) mass is 432 g/mol. The van der Waals surface area contributed by atoms with Gasteiger partial charge in [-0.2, -0.15) is 0 Å². The van der Waals surface area contributed by atoms with Crippen molar-refractivity contribution in [2.75, 3.05) is 14.2 Å². The van der Waals surface area contributed by atoms with Crippen LogP contribution >= 0.6 is 0 Å². The van der Waals surface area contributed by atoms with Gasteiger partial charge in [-0.15, -0.1) is 10.2 Å². The standard InChI is InChI=1S/C25H28N4O3/c1-17(18-8-11-20(31-3)12-9-18)29(2)25(30)15-14-24-28-27-23(32-24)13-10-19-16-26-22-7-5-4-6-21(19)22/h4-9,11-12,16-17,26H,10,13-15H2,1-3H3. The van der Waals surface area contributed by atoms with Crippen LogP contribution in [0.3, 0.4) is 0 Å². The molecule has 0 aliphatic carbocycles. The lowest BCUT2D eigenvalue weighted by Gasteiger charge is -2.25. The average molecular weight is 433 g/mol. The molecule has 0 radical (unpaired) electrons. The number of hydrogen-bond donors (Lipinski definition) is 1. The van der Waals surface area contributed by atoms with Gasteiger partial charge in [0.1, 0.15) is 5.75 Å². The molecule has 0 bridgehead atoms. The van der Waals surface area contributed by atoms with Gasteiger partial charge in [-0.3, -0.25) is 4.79 Å². The number of nitrogens with one attached hydrogen (secondary N) is 1. The molecule has 32 heavy (non-hydrogen) atoms. The fourth-order valence-corrected chi connectivity index (χ4v) is 3.78. The molecule has 1 unspecified atom stereocenters. The number of H-pyrrole nitrogens is 1. The SMILES string of the molecule is COc1ccc(C(C)N(C)C(=O)CCc2nnc(CCc3c[nH]c4ccccc34)o2)cc1. The van der Waals surface area contributed by atoms with E-state index in [1.807, 2.05) is 56.6 Å². The molecule has 4 aromatic rings. The van der Waals surface area contributed by atoms with Crippen LogP contribution in [-0.4, -0.2) is 40.1 Å². The molecular weight excluding hydrogens is 404 g/mol. The molecule has 7 heteroatoms. The van der Waals surface area contributed by atoms with Crippen LogP contribution in [0, 0.1) is 0 Å². The largest absolute Gasteiger partial charge is 0.497 e. The number of para-hydroxylation sites is 1. The van der Waals surface area contributed by atoms with E-state index in [1.165, 1.54) is 10.9 Å². The molecule has 1 N–H and O–H groups in total. The molecule has 166 valence electrons. The molecule has 0 saturated carbocycles. The van der Waals surface area contributed by atoms with Crippen molar-refractivity contribution in [3.05, 3.63) is 77.6 Å². The number of aryl methyl sites for hydroxylation is 3. The topological polar surface area (TPSA) is 84.2 Å². The molecular formula is C25H28N4O3. The summed E-state index contributed by atoms with van der Waals surface area (Å²) >= 11 is 0. The first-order valence-electron chi connectivity index (χ1n) is 10.8. The molecule has 0 aliphatic heterocycles. The zero-order chi connectivity index (χ0) is 22.5. The first-order chi connectivity index (χ1) is 15.5. The second kappa shape index (κ2) is 9.68. The van der Waals surface area contributed by atoms with Crippen LogP contribution < -0.4 is 4.74 Å². The van der Waals surface area contributed by atoms with E-state index in [9.17, 15) is 4.79 Å². The number of carbonyl (C=O) groups is 1. The van der Waals surface area contributed by atoms with Gasteiger partial charge in [-0.25, -0.2) is 0 Å². The number of methoxy groups -OCH3 is 1. The number of hydrogen-bond acceptors (Lipinski definition) is 5. The maximum absolute atomic E-state index is 12.7. The molecule has 0 saturated heterocycles. The lowest BCUT2D eigenvalue weighted by Crippen LogP contribution is -2.29. The molecule has 2 heterocycles. The zero-order valence-electron chi connectivity index (χ0n) is 18.7. The number of rotatable bonds is 9. The third kappa shape index (κ3) is 4.82. The highest BCUT2D eigenvalue weighted by atomic mass is 16.5. The predicted molar refractivity (Wildman–Crippen MR) is 123 cm³/mol. The smallest absolute Gasteiger partial charge is 0.223 e. The fourth-order valence-electron chi connectivity index (χ4n) is 3.78. The molecule has 4 rings (SSSR count). The number of amides is 1. The quantitative estimate of drug-likeness (QED) is 0.421. The van der Waals surface area contributed by atoms with E-state index in [4.69, 9.17) is 9.15 Å². The van der Waals surface area contributed by atoms with Crippen molar-refractivity contribution in [3.8, 4) is 5.75 Å². The van der Waals surface area contributed by atoms with Crippen molar-refractivity contribution in [3.63, 3.8) is 0 Å². The van der Waals surface area contributed by atoms with Gasteiger partial charge in [-0.05, 0) is 42.7 Å². The van der Waals surface area contributed by atoms with Crippen molar-refractivity contribution in [1.29, 1.82) is 0 Å². The van der Waals surface area contributed by atoms with Crippen molar-refractivity contribution < 1.29 is 13.9 Å². The zero-order valence-corrected chi connectivity index (χ0v) is 18.7. The van der Waals surface area contributed by atoms with Crippen LogP contribution in [0.1, 0.15) is 42.3 Å². The van der Waals surface area contributed by atoms with Crippen LogP contribution in [-0.2, 0) is 24.1 Å². The van der Waals surface area contributed by atoms with Crippen LogP contribution in [0.25, 0.3) is 10.9 Å². The predicted octanol–water partition coefficient (Wildman–Crippen LogP) is 4.50. The van der Waals surface area contributed by atoms with E-state index < -0.39 is 0 Å². The Morgan fingerprint density at radius 3 is 2.53 bits per heavy atom. The molecule has 1 atom stereocenters. The molecule has 2 aromatic carbocycles. The van der Waals surface area contributed by atoms with Gasteiger partial charge in [0, 0.05) is 43.4 Å². The van der Waals surface area contributed by atoms with Crippen LogP contribution in [0.2, 0.25) is 0 Å². The Balaban J connectivity index is 1.28. The Hall–Kier alpha value is -3.61. The highest BCUT2D eigenvalue weighted by Crippen LogP contribution is 2.23. The second-order valence-corrected chi connectivity index (χ2v) is 7.90. The Labute approximate surface area is 187 Å². The van der Waals surface area contributed by atoms with Gasteiger partial charge >= 0.3 is 0 Å². The molecule has 1 amide bonds. The number of ether oxygens (including phenoxy) is 1. The number of benzene rings is 2. The van der Waals surface area contributed by atoms with Crippen molar-refractivity contribution >= 4 is 16.8 Å². The maximum Gasteiger partial charge on any atom is 0.223 e. The summed E-state index contributed by atoms with van der Waals surface area (Å²) in [7, 11) is 3.46. The summed E-state index contributed by atoms with van der Waals surface area (Å²) in [5, 5.41) is 9.49. The Morgan fingerprint density at radius 1 is 1.06 bits per heavy atom. The third-order valence-electron chi connectivity index (χ3n) is 5.92. The van der Waals surface area contributed by atoms with Crippen LogP contribution in [0.4, 0.5) is 0 Å². The number of nitrogens with zero attached hydrogens (tertiary/aromatic N) is 3. The Morgan fingerprint density at radius 2 is 1.78 bits per heavy atom. The maximum atomic E-state index is 12.7. The van der Waals surface area contributed by atoms with Crippen LogP contribution in [0.5, 0.6) is 5.75 Å². The summed E-state index contributed by atoms with van der Waals surface area (Å²) in [5.74, 6) is 1.93. The van der Waals surface area contributed by atoms with Crippen molar-refractivity contribution in [1.82, 2.24) is 20.1 Å². The van der Waals surface area contributed by atoms with Gasteiger partial charge in [0.05, 0.1) is 13.2 Å². The van der Waals surface area contributed by atoms with Gasteiger partial charge < -0.3 is 19.0 Å². The highest BCUT2D eigenvalue weighted by molar-refractivity contribution is 5.83. The van der Waals surface area contributed by atoms with Crippen molar-refractivity contribution in [2.45, 2.75) is 38.6 Å². The summed E-state index contributed by atoms with van der Waals surface area (Å²) in [6.07, 6.45) is 4.25. The fraction of sp³-hybridized carbons (Fsp3) is 0.320. The number of aromatic nitrogens is 3. The first-order valence-corrected chi connectivity index (χ1v) is 10.8. The van der Waals surface area contributed by atoms with E-state index in [2.05, 4.69) is 27.3 Å². The van der Waals surface area contributed by atoms with E-state index in [1.54, 1.807) is 12.0 Å². The van der Waals surface area contributed by atoms with Gasteiger partial charge in [0.25, 0.3) is 0 Å². The summed E-state index contributed by atoms with van der Waals surface area (Å²) in [6.45, 7) is 2.01. The van der Waals surface area contributed by atoms with Crippen molar-refractivity contribution in [2.24, 2.45) is 0 Å². The number of fused-ring (bicyclic) bond motifs is 1. The summed E-state index contributed by atoms with van der Waals surface area (Å²) < 4.78 is 11.0. The first kappa shape index (κ1) is 21.6. The van der Waals surface area contributed by atoms with E-state index in [-0.39, 0.29) is 11.9 Å². The minimum absolute atomic E-state index is 0.0341. The molecule has 0 aliphatic rings. The molecule has 2 aromatic heterocycles. The van der Waals surface area contributed by atoms with E-state index in [0.29, 0.717) is 31.0 Å². The van der Waals surface area contributed by atoms with E-state index in [0.717, 1.165) is 23.3 Å². The Bertz CT molecular complexity index is 1180. The number of aromatic amines is 1. The number of carbonyl (C=O) groups excluding carboxylic acids is 1. The minimum Gasteiger partial charge on any atom is -0.497 e. The average Bonchev–Trinajstić information content (AvgIpc) is 3.47. The molecule has 0 spiro atoms. The third-order valence-corrected chi connectivity index (χ3v) is 5.92. The minimum atomic E-state index is -0.0391. The normalized spacial score (nSPS) is 12.1. The summed E-state index contributed by atoms with van der Waals surface area (Å²) in [4.78, 5) is 17.7. The summed E-state index contributed by atoms with van der Waals surface area (Å²) in [6, 6.07) is 15.9. The molecule has 7 nitrogen and oxygen atoms in total.